The second kappa shape index (κ2) is 11.2. The molecule has 2 N–H and O–H groups in total. The number of carbonyl (C=O) groups excluding carboxylic acids is 2. The number of hydrogen-bond acceptors (Lipinski definition) is 7. The molecule has 0 saturated carbocycles. The van der Waals surface area contributed by atoms with Crippen molar-refractivity contribution in [2.24, 2.45) is 0 Å². The zero-order valence-corrected chi connectivity index (χ0v) is 17.8. The van der Waals surface area contributed by atoms with Crippen molar-refractivity contribution in [2.75, 3.05) is 26.1 Å². The number of carbonyl (C=O) groups is 2. The number of hydrogen-bond donors (Lipinski definition) is 2. The number of para-hydroxylation sites is 2. The number of nitrogens with one attached hydrogen (secondary N) is 2. The number of esters is 1. The van der Waals surface area contributed by atoms with Crippen LogP contribution in [0.5, 0.6) is 11.5 Å². The van der Waals surface area contributed by atoms with E-state index in [2.05, 4.69) is 14.8 Å². The molecule has 32 heavy (non-hydrogen) atoms. The number of methoxy groups -OCH3 is 1. The molecule has 0 unspecified atom stereocenters. The third-order valence-corrected chi connectivity index (χ3v) is 5.32. The van der Waals surface area contributed by atoms with E-state index < -0.39 is 35.1 Å². The SMILES string of the molecule is CNS(=O)(=O)c1cc(C=CC(=O)OCC(=O)Nc2ccccc2OC(F)F)ccc1OC. The highest BCUT2D eigenvalue weighted by atomic mass is 32.2. The molecule has 2 aromatic carbocycles. The van der Waals surface area contributed by atoms with Gasteiger partial charge in [0.05, 0.1) is 12.8 Å². The van der Waals surface area contributed by atoms with E-state index in [1.54, 1.807) is 0 Å². The lowest BCUT2D eigenvalue weighted by molar-refractivity contribution is -0.142. The van der Waals surface area contributed by atoms with Crippen molar-refractivity contribution in [3.8, 4) is 11.5 Å². The van der Waals surface area contributed by atoms with Gasteiger partial charge in [-0.05, 0) is 43.0 Å². The van der Waals surface area contributed by atoms with Crippen molar-refractivity contribution in [3.05, 3.63) is 54.1 Å². The van der Waals surface area contributed by atoms with Gasteiger partial charge in [0.1, 0.15) is 16.4 Å². The molecule has 1 amide bonds. The van der Waals surface area contributed by atoms with Crippen LogP contribution in [0.4, 0.5) is 14.5 Å². The smallest absolute Gasteiger partial charge is 0.387 e. The molecule has 0 saturated heterocycles. The van der Waals surface area contributed by atoms with Gasteiger partial charge in [-0.1, -0.05) is 18.2 Å². The Balaban J connectivity index is 1.99. The van der Waals surface area contributed by atoms with Gasteiger partial charge in [0.15, 0.2) is 6.61 Å². The molecule has 0 radical (unpaired) electrons. The third kappa shape index (κ3) is 7.03. The first-order valence-corrected chi connectivity index (χ1v) is 10.4. The zero-order chi connectivity index (χ0) is 23.7. The summed E-state index contributed by atoms with van der Waals surface area (Å²) in [6.07, 6.45) is 2.29. The third-order valence-electron chi connectivity index (χ3n) is 3.88. The number of sulfonamides is 1. The van der Waals surface area contributed by atoms with Crippen LogP contribution in [0.1, 0.15) is 5.56 Å². The van der Waals surface area contributed by atoms with Gasteiger partial charge in [-0.3, -0.25) is 4.79 Å². The molecular formula is C20H20F2N2O7S. The zero-order valence-electron chi connectivity index (χ0n) is 17.0. The lowest BCUT2D eigenvalue weighted by Gasteiger charge is -2.11. The van der Waals surface area contributed by atoms with Gasteiger partial charge >= 0.3 is 12.6 Å². The van der Waals surface area contributed by atoms with Crippen molar-refractivity contribution in [3.63, 3.8) is 0 Å². The van der Waals surface area contributed by atoms with Gasteiger partial charge in [0.2, 0.25) is 10.0 Å². The first kappa shape index (κ1) is 24.8. The predicted molar refractivity (Wildman–Crippen MR) is 111 cm³/mol. The van der Waals surface area contributed by atoms with Gasteiger partial charge < -0.3 is 19.5 Å². The minimum Gasteiger partial charge on any atom is -0.495 e. The molecule has 0 atom stereocenters. The van der Waals surface area contributed by atoms with E-state index >= 15 is 0 Å². The van der Waals surface area contributed by atoms with Crippen molar-refractivity contribution >= 4 is 33.7 Å². The average molecular weight is 470 g/mol. The van der Waals surface area contributed by atoms with Gasteiger partial charge in [-0.25, -0.2) is 17.9 Å². The van der Waals surface area contributed by atoms with E-state index in [1.165, 1.54) is 62.7 Å². The van der Waals surface area contributed by atoms with Crippen LogP contribution in [-0.2, 0) is 24.3 Å². The van der Waals surface area contributed by atoms with E-state index in [1.807, 2.05) is 0 Å². The number of amides is 1. The molecule has 0 aliphatic heterocycles. The van der Waals surface area contributed by atoms with Crippen LogP contribution in [0, 0.1) is 0 Å². The Bertz CT molecular complexity index is 1100. The molecule has 0 bridgehead atoms. The normalized spacial score (nSPS) is 11.4. The maximum Gasteiger partial charge on any atom is 0.387 e. The van der Waals surface area contributed by atoms with Crippen molar-refractivity contribution < 1.29 is 41.0 Å². The number of ether oxygens (including phenoxy) is 3. The summed E-state index contributed by atoms with van der Waals surface area (Å²) in [7, 11) is -1.23. The molecule has 172 valence electrons. The van der Waals surface area contributed by atoms with E-state index in [9.17, 15) is 26.8 Å². The topological polar surface area (TPSA) is 120 Å². The Morgan fingerprint density at radius 2 is 1.84 bits per heavy atom. The maximum absolute atomic E-state index is 12.4. The highest BCUT2D eigenvalue weighted by Crippen LogP contribution is 2.26. The number of benzene rings is 2. The molecule has 0 spiro atoms. The summed E-state index contributed by atoms with van der Waals surface area (Å²) in [5.74, 6) is -1.78. The first-order chi connectivity index (χ1) is 15.2. The molecule has 0 aliphatic rings. The molecule has 2 aromatic rings. The minimum absolute atomic E-state index is 0.0131. The standard InChI is InChI=1S/C20H20F2N2O7S/c1-23-32(27,28)17-11-13(7-9-16(17)29-2)8-10-19(26)30-12-18(25)24-14-5-3-4-6-15(14)31-20(21)22/h3-11,20,23H,12H2,1-2H3,(H,24,25). The molecule has 0 aliphatic carbocycles. The molecule has 0 fully saturated rings. The molecule has 9 nitrogen and oxygen atoms in total. The Morgan fingerprint density at radius 3 is 2.50 bits per heavy atom. The Labute approximate surface area is 183 Å². The molecule has 2 rings (SSSR count). The fourth-order valence-corrected chi connectivity index (χ4v) is 3.35. The largest absolute Gasteiger partial charge is 0.495 e. The number of halogens is 2. The number of anilines is 1. The Morgan fingerprint density at radius 1 is 1.12 bits per heavy atom. The predicted octanol–water partition coefficient (Wildman–Crippen LogP) is 2.40. The van der Waals surface area contributed by atoms with Crippen LogP contribution >= 0.6 is 0 Å². The summed E-state index contributed by atoms with van der Waals surface area (Å²) in [5.41, 5.74) is 0.347. The summed E-state index contributed by atoms with van der Waals surface area (Å²) < 4.78 is 65.3. The summed E-state index contributed by atoms with van der Waals surface area (Å²) >= 11 is 0. The molecule has 0 heterocycles. The molecule has 12 heteroatoms. The van der Waals surface area contributed by atoms with E-state index in [0.29, 0.717) is 5.56 Å². The van der Waals surface area contributed by atoms with Crippen LogP contribution in [0.15, 0.2) is 53.4 Å². The number of rotatable bonds is 10. The van der Waals surface area contributed by atoms with Crippen LogP contribution < -0.4 is 19.5 Å². The fraction of sp³-hybridized carbons (Fsp3) is 0.200. The van der Waals surface area contributed by atoms with Crippen LogP contribution in [0.25, 0.3) is 6.08 Å². The van der Waals surface area contributed by atoms with E-state index in [-0.39, 0.29) is 22.1 Å². The first-order valence-electron chi connectivity index (χ1n) is 8.96. The quantitative estimate of drug-likeness (QED) is 0.404. The van der Waals surface area contributed by atoms with Gasteiger partial charge in [-0.2, -0.15) is 8.78 Å². The summed E-state index contributed by atoms with van der Waals surface area (Å²) in [6.45, 7) is -3.76. The van der Waals surface area contributed by atoms with Crippen molar-refractivity contribution in [2.45, 2.75) is 11.5 Å². The fourth-order valence-electron chi connectivity index (χ4n) is 2.42. The van der Waals surface area contributed by atoms with Crippen LogP contribution in [0.3, 0.4) is 0 Å². The highest BCUT2D eigenvalue weighted by molar-refractivity contribution is 7.89. The summed E-state index contributed by atoms with van der Waals surface area (Å²) in [4.78, 5) is 23.7. The number of alkyl halides is 2. The van der Waals surface area contributed by atoms with Crippen molar-refractivity contribution in [1.82, 2.24) is 4.72 Å². The van der Waals surface area contributed by atoms with Crippen molar-refractivity contribution in [1.29, 1.82) is 0 Å². The van der Waals surface area contributed by atoms with Crippen LogP contribution in [-0.4, -0.2) is 47.7 Å². The Kier molecular flexibility index (Phi) is 8.67. The molecule has 0 aromatic heterocycles. The Hall–Kier alpha value is -3.51. The second-order valence-corrected chi connectivity index (χ2v) is 7.84. The van der Waals surface area contributed by atoms with Gasteiger partial charge in [0, 0.05) is 6.08 Å². The van der Waals surface area contributed by atoms with E-state index in [0.717, 1.165) is 6.08 Å². The minimum atomic E-state index is -3.80. The summed E-state index contributed by atoms with van der Waals surface area (Å²) in [6, 6.07) is 9.77. The van der Waals surface area contributed by atoms with Gasteiger partial charge in [-0.15, -0.1) is 0 Å². The lowest BCUT2D eigenvalue weighted by atomic mass is 10.2. The summed E-state index contributed by atoms with van der Waals surface area (Å²) in [5, 5.41) is 2.30. The van der Waals surface area contributed by atoms with Crippen LogP contribution in [0.2, 0.25) is 0 Å². The average Bonchev–Trinajstić information content (AvgIpc) is 2.77. The monoisotopic (exact) mass is 470 g/mol. The molecular weight excluding hydrogens is 450 g/mol. The maximum atomic E-state index is 12.4. The highest BCUT2D eigenvalue weighted by Gasteiger charge is 2.18. The lowest BCUT2D eigenvalue weighted by Crippen LogP contribution is -2.20. The second-order valence-electron chi connectivity index (χ2n) is 5.98. The van der Waals surface area contributed by atoms with Gasteiger partial charge in [0.25, 0.3) is 5.91 Å². The van der Waals surface area contributed by atoms with E-state index in [4.69, 9.17) is 9.47 Å².